The van der Waals surface area contributed by atoms with Crippen LogP contribution in [-0.2, 0) is 25.8 Å². The van der Waals surface area contributed by atoms with Gasteiger partial charge in [-0.15, -0.1) is 11.3 Å². The Morgan fingerprint density at radius 1 is 1.50 bits per heavy atom. The molecular weight excluding hydrogens is 248 g/mol. The number of rotatable bonds is 6. The first kappa shape index (κ1) is 13.2. The Labute approximate surface area is 99.2 Å². The van der Waals surface area contributed by atoms with Crippen molar-refractivity contribution in [3.8, 4) is 0 Å². The molecule has 0 amide bonds. The molecular formula is C10H14O4S2. The van der Waals surface area contributed by atoms with Gasteiger partial charge in [-0.1, -0.05) is 13.0 Å². The molecule has 0 saturated heterocycles. The van der Waals surface area contributed by atoms with E-state index in [1.807, 2.05) is 17.5 Å². The first-order valence-electron chi connectivity index (χ1n) is 4.92. The molecule has 0 aromatic carbocycles. The summed E-state index contributed by atoms with van der Waals surface area (Å²) in [6.07, 6.45) is 0.212. The van der Waals surface area contributed by atoms with Crippen LogP contribution in [0.2, 0.25) is 0 Å². The van der Waals surface area contributed by atoms with E-state index >= 15 is 0 Å². The smallest absolute Gasteiger partial charge is 0.311 e. The van der Waals surface area contributed by atoms with Crippen molar-refractivity contribution < 1.29 is 17.9 Å². The van der Waals surface area contributed by atoms with Crippen LogP contribution in [0, 0.1) is 0 Å². The van der Waals surface area contributed by atoms with E-state index in [2.05, 4.69) is 0 Å². The van der Waals surface area contributed by atoms with Crippen molar-refractivity contribution >= 4 is 27.1 Å². The minimum Gasteiger partial charge on any atom is -0.464 e. The lowest BCUT2D eigenvalue weighted by Crippen LogP contribution is -2.17. The number of carbonyl (C=O) groups excluding carboxylic acids is 1. The van der Waals surface area contributed by atoms with Crippen LogP contribution in [0.25, 0.3) is 0 Å². The molecule has 1 aromatic rings. The van der Waals surface area contributed by atoms with Crippen LogP contribution >= 0.6 is 11.3 Å². The second-order valence-corrected chi connectivity index (χ2v) is 6.72. The highest BCUT2D eigenvalue weighted by Crippen LogP contribution is 2.09. The van der Waals surface area contributed by atoms with Gasteiger partial charge in [-0.2, -0.15) is 0 Å². The summed E-state index contributed by atoms with van der Waals surface area (Å²) in [6.45, 7) is 1.52. The fourth-order valence-corrected chi connectivity index (χ4v) is 2.35. The maximum atomic E-state index is 11.3. The van der Waals surface area contributed by atoms with Crippen LogP contribution in [0.5, 0.6) is 0 Å². The molecule has 0 spiro atoms. The van der Waals surface area contributed by atoms with Crippen LogP contribution in [0.3, 0.4) is 0 Å². The van der Waals surface area contributed by atoms with Crippen LogP contribution in [0.4, 0.5) is 0 Å². The van der Waals surface area contributed by atoms with Crippen molar-refractivity contribution in [3.05, 3.63) is 22.4 Å². The molecule has 0 aliphatic rings. The van der Waals surface area contributed by atoms with Gasteiger partial charge in [-0.05, 0) is 11.4 Å². The molecule has 0 N–H and O–H groups in total. The minimum atomic E-state index is -3.05. The second-order valence-electron chi connectivity index (χ2n) is 3.21. The molecule has 0 bridgehead atoms. The van der Waals surface area contributed by atoms with Gasteiger partial charge in [-0.3, -0.25) is 4.79 Å². The molecule has 0 unspecified atom stereocenters. The molecule has 1 heterocycles. The van der Waals surface area contributed by atoms with E-state index in [-0.39, 0.29) is 30.5 Å². The normalized spacial score (nSPS) is 11.3. The number of sulfone groups is 1. The molecule has 0 fully saturated rings. The maximum Gasteiger partial charge on any atom is 0.311 e. The van der Waals surface area contributed by atoms with E-state index in [0.717, 1.165) is 4.88 Å². The molecule has 0 radical (unpaired) electrons. The molecule has 16 heavy (non-hydrogen) atoms. The summed E-state index contributed by atoms with van der Waals surface area (Å²) in [4.78, 5) is 12.2. The number of hydrogen-bond acceptors (Lipinski definition) is 5. The van der Waals surface area contributed by atoms with Gasteiger partial charge < -0.3 is 4.74 Å². The zero-order valence-electron chi connectivity index (χ0n) is 9.01. The number of esters is 1. The predicted molar refractivity (Wildman–Crippen MR) is 63.3 cm³/mol. The van der Waals surface area contributed by atoms with Gasteiger partial charge in [0.1, 0.15) is 6.61 Å². The third-order valence-corrected chi connectivity index (χ3v) is 4.54. The molecule has 0 aliphatic heterocycles. The highest BCUT2D eigenvalue weighted by Gasteiger charge is 2.10. The summed E-state index contributed by atoms with van der Waals surface area (Å²) in [5, 5.41) is 1.88. The Morgan fingerprint density at radius 3 is 2.81 bits per heavy atom. The van der Waals surface area contributed by atoms with E-state index in [1.54, 1.807) is 6.92 Å². The first-order valence-corrected chi connectivity index (χ1v) is 7.62. The van der Waals surface area contributed by atoms with Gasteiger partial charge >= 0.3 is 5.97 Å². The lowest BCUT2D eigenvalue weighted by atomic mass is 10.3. The molecule has 4 nitrogen and oxygen atoms in total. The Hall–Kier alpha value is -0.880. The molecule has 1 aromatic heterocycles. The third-order valence-electron chi connectivity index (χ3n) is 2.00. The van der Waals surface area contributed by atoms with Crippen LogP contribution in [0.1, 0.15) is 11.8 Å². The Bertz CT molecular complexity index is 420. The summed E-state index contributed by atoms with van der Waals surface area (Å²) in [6, 6.07) is 3.70. The Balaban J connectivity index is 2.26. The van der Waals surface area contributed by atoms with Gasteiger partial charge in [0, 0.05) is 10.6 Å². The van der Waals surface area contributed by atoms with Crippen molar-refractivity contribution in [1.82, 2.24) is 0 Å². The molecule has 0 aliphatic carbocycles. The Kier molecular flexibility index (Phi) is 4.95. The fourth-order valence-electron chi connectivity index (χ4n) is 1.03. The summed E-state index contributed by atoms with van der Waals surface area (Å²) >= 11 is 1.48. The molecule has 1 rings (SSSR count). The number of carbonyl (C=O) groups is 1. The molecule has 0 saturated carbocycles. The maximum absolute atomic E-state index is 11.3. The largest absolute Gasteiger partial charge is 0.464 e. The lowest BCUT2D eigenvalue weighted by molar-refractivity contribution is -0.142. The van der Waals surface area contributed by atoms with Crippen molar-refractivity contribution in [1.29, 1.82) is 0 Å². The topological polar surface area (TPSA) is 60.4 Å². The van der Waals surface area contributed by atoms with Gasteiger partial charge in [0.2, 0.25) is 0 Å². The van der Waals surface area contributed by atoms with Crippen molar-refractivity contribution in [2.45, 2.75) is 13.3 Å². The monoisotopic (exact) mass is 262 g/mol. The first-order chi connectivity index (χ1) is 7.53. The number of ether oxygens (including phenoxy) is 1. The van der Waals surface area contributed by atoms with E-state index < -0.39 is 9.84 Å². The quantitative estimate of drug-likeness (QED) is 0.724. The average molecular weight is 262 g/mol. The van der Waals surface area contributed by atoms with Gasteiger partial charge in [0.25, 0.3) is 0 Å². The summed E-state index contributed by atoms with van der Waals surface area (Å²) < 4.78 is 27.1. The zero-order valence-corrected chi connectivity index (χ0v) is 10.6. The predicted octanol–water partition coefficient (Wildman–Crippen LogP) is 1.27. The summed E-state index contributed by atoms with van der Waals surface area (Å²) in [5.41, 5.74) is 0. The highest BCUT2D eigenvalue weighted by atomic mass is 32.2. The third kappa shape index (κ3) is 4.76. The minimum absolute atomic E-state index is 0.0552. The van der Waals surface area contributed by atoms with Gasteiger partial charge in [0.15, 0.2) is 9.84 Å². The SMILES string of the molecule is CCS(=O)(=O)CCOC(=O)Cc1cccs1. The molecule has 90 valence electrons. The van der Waals surface area contributed by atoms with Crippen LogP contribution < -0.4 is 0 Å². The van der Waals surface area contributed by atoms with Crippen molar-refractivity contribution in [2.75, 3.05) is 18.1 Å². The van der Waals surface area contributed by atoms with E-state index in [1.165, 1.54) is 11.3 Å². The fraction of sp³-hybridized carbons (Fsp3) is 0.500. The van der Waals surface area contributed by atoms with E-state index in [4.69, 9.17) is 4.74 Å². The second kappa shape index (κ2) is 6.00. The lowest BCUT2D eigenvalue weighted by Gasteiger charge is -2.03. The number of hydrogen-bond donors (Lipinski definition) is 0. The van der Waals surface area contributed by atoms with Crippen LogP contribution in [0.15, 0.2) is 17.5 Å². The van der Waals surface area contributed by atoms with Gasteiger partial charge in [0.05, 0.1) is 12.2 Å². The van der Waals surface area contributed by atoms with Gasteiger partial charge in [-0.25, -0.2) is 8.42 Å². The number of thiophene rings is 1. The average Bonchev–Trinajstić information content (AvgIpc) is 2.70. The summed E-state index contributed by atoms with van der Waals surface area (Å²) in [5.74, 6) is -0.399. The van der Waals surface area contributed by atoms with E-state index in [0.29, 0.717) is 0 Å². The van der Waals surface area contributed by atoms with Crippen molar-refractivity contribution in [2.24, 2.45) is 0 Å². The zero-order chi connectivity index (χ0) is 12.0. The highest BCUT2D eigenvalue weighted by molar-refractivity contribution is 7.91. The van der Waals surface area contributed by atoms with Crippen molar-refractivity contribution in [3.63, 3.8) is 0 Å². The van der Waals surface area contributed by atoms with E-state index in [9.17, 15) is 13.2 Å². The standard InChI is InChI=1S/C10H14O4S2/c1-2-16(12,13)7-5-14-10(11)8-9-4-3-6-15-9/h3-4,6H,2,5,7-8H2,1H3. The molecule has 6 heteroatoms. The Morgan fingerprint density at radius 2 is 2.25 bits per heavy atom. The molecule has 0 atom stereocenters. The summed E-state index contributed by atoms with van der Waals surface area (Å²) in [7, 11) is -3.05. The van der Waals surface area contributed by atoms with Crippen LogP contribution in [-0.4, -0.2) is 32.5 Å².